The molecule has 162 valence electrons. The fourth-order valence-electron chi connectivity index (χ4n) is 5.49. The van der Waals surface area contributed by atoms with Crippen LogP contribution in [-0.4, -0.2) is 47.0 Å². The number of nitrogens with zero attached hydrogens (tertiary/aromatic N) is 4. The van der Waals surface area contributed by atoms with Crippen molar-refractivity contribution >= 4 is 33.3 Å². The number of aromatic nitrogens is 2. The van der Waals surface area contributed by atoms with Crippen LogP contribution in [0.2, 0.25) is 0 Å². The van der Waals surface area contributed by atoms with Gasteiger partial charge in [0.1, 0.15) is 16.5 Å². The van der Waals surface area contributed by atoms with Crippen molar-refractivity contribution < 1.29 is 4.79 Å². The first-order valence-electron chi connectivity index (χ1n) is 12.1. The first-order valence-corrected chi connectivity index (χ1v) is 12.9. The first kappa shape index (κ1) is 20.2. The molecule has 0 aromatic carbocycles. The maximum atomic E-state index is 13.0. The molecular formula is C24H34N4OS. The Balaban J connectivity index is 1.39. The summed E-state index contributed by atoms with van der Waals surface area (Å²) in [6.45, 7) is 5.64. The molecule has 0 radical (unpaired) electrons. The number of carbonyl (C=O) groups is 1. The molecule has 1 saturated carbocycles. The zero-order valence-electron chi connectivity index (χ0n) is 18.3. The van der Waals surface area contributed by atoms with E-state index in [1.54, 1.807) is 0 Å². The van der Waals surface area contributed by atoms with Crippen molar-refractivity contribution in [3.05, 3.63) is 16.3 Å². The number of anilines is 1. The molecule has 2 aromatic rings. The number of hydrogen-bond donors (Lipinski definition) is 0. The van der Waals surface area contributed by atoms with Gasteiger partial charge in [-0.1, -0.05) is 26.2 Å². The molecule has 2 fully saturated rings. The molecule has 0 spiro atoms. The van der Waals surface area contributed by atoms with Crippen LogP contribution < -0.4 is 4.90 Å². The molecule has 0 unspecified atom stereocenters. The minimum absolute atomic E-state index is 0.274. The Morgan fingerprint density at radius 2 is 1.77 bits per heavy atom. The standard InChI is InChI=1S/C24H34N4OS/c1-2-8-20-25-22(21-18-11-6-7-12-19(18)30-23(21)26-20)27-13-15-28(16-14-27)24(29)17-9-4-3-5-10-17/h17H,2-16H2,1H3. The number of aryl methyl sites for hydroxylation is 3. The number of fused-ring (bicyclic) bond motifs is 3. The van der Waals surface area contributed by atoms with Crippen molar-refractivity contribution in [1.29, 1.82) is 0 Å². The predicted molar refractivity (Wildman–Crippen MR) is 123 cm³/mol. The van der Waals surface area contributed by atoms with Gasteiger partial charge in [0, 0.05) is 43.4 Å². The molecule has 30 heavy (non-hydrogen) atoms. The van der Waals surface area contributed by atoms with Gasteiger partial charge in [-0.05, 0) is 50.5 Å². The Hall–Kier alpha value is -1.69. The number of thiophene rings is 1. The molecule has 5 nitrogen and oxygen atoms in total. The van der Waals surface area contributed by atoms with Gasteiger partial charge in [-0.15, -0.1) is 11.3 Å². The van der Waals surface area contributed by atoms with Crippen LogP contribution in [-0.2, 0) is 24.1 Å². The maximum Gasteiger partial charge on any atom is 0.225 e. The lowest BCUT2D eigenvalue weighted by Crippen LogP contribution is -2.51. The highest BCUT2D eigenvalue weighted by Gasteiger charge is 2.30. The molecule has 3 aliphatic rings. The molecule has 5 rings (SSSR count). The highest BCUT2D eigenvalue weighted by Crippen LogP contribution is 2.40. The predicted octanol–water partition coefficient (Wildman–Crippen LogP) is 4.75. The highest BCUT2D eigenvalue weighted by molar-refractivity contribution is 7.19. The van der Waals surface area contributed by atoms with Crippen LogP contribution in [0, 0.1) is 5.92 Å². The number of piperazine rings is 1. The van der Waals surface area contributed by atoms with Crippen molar-refractivity contribution in [2.24, 2.45) is 5.92 Å². The van der Waals surface area contributed by atoms with Crippen LogP contribution in [0.25, 0.3) is 10.2 Å². The van der Waals surface area contributed by atoms with E-state index < -0.39 is 0 Å². The third kappa shape index (κ3) is 3.83. The van der Waals surface area contributed by atoms with Gasteiger partial charge in [0.05, 0.1) is 5.39 Å². The van der Waals surface area contributed by atoms with E-state index in [4.69, 9.17) is 9.97 Å². The van der Waals surface area contributed by atoms with E-state index >= 15 is 0 Å². The van der Waals surface area contributed by atoms with E-state index in [9.17, 15) is 4.79 Å². The summed E-state index contributed by atoms with van der Waals surface area (Å²) in [5.41, 5.74) is 1.51. The summed E-state index contributed by atoms with van der Waals surface area (Å²) >= 11 is 1.90. The summed E-state index contributed by atoms with van der Waals surface area (Å²) in [7, 11) is 0. The summed E-state index contributed by atoms with van der Waals surface area (Å²) in [4.78, 5) is 30.3. The number of carbonyl (C=O) groups excluding carboxylic acids is 1. The molecule has 1 saturated heterocycles. The zero-order chi connectivity index (χ0) is 20.5. The van der Waals surface area contributed by atoms with Gasteiger partial charge in [-0.25, -0.2) is 9.97 Å². The Labute approximate surface area is 183 Å². The van der Waals surface area contributed by atoms with Crippen molar-refractivity contribution in [3.8, 4) is 0 Å². The van der Waals surface area contributed by atoms with Gasteiger partial charge in [-0.3, -0.25) is 4.79 Å². The highest BCUT2D eigenvalue weighted by atomic mass is 32.1. The molecule has 2 aliphatic carbocycles. The van der Waals surface area contributed by atoms with Gasteiger partial charge in [0.15, 0.2) is 0 Å². The van der Waals surface area contributed by atoms with Crippen molar-refractivity contribution in [3.63, 3.8) is 0 Å². The van der Waals surface area contributed by atoms with Gasteiger partial charge in [0.25, 0.3) is 0 Å². The third-order valence-electron chi connectivity index (χ3n) is 7.16. The molecule has 1 amide bonds. The Bertz CT molecular complexity index is 910. The Morgan fingerprint density at radius 3 is 2.53 bits per heavy atom. The minimum Gasteiger partial charge on any atom is -0.352 e. The Kier molecular flexibility index (Phi) is 5.94. The van der Waals surface area contributed by atoms with E-state index in [1.165, 1.54) is 65.6 Å². The lowest BCUT2D eigenvalue weighted by molar-refractivity contribution is -0.136. The van der Waals surface area contributed by atoms with Crippen LogP contribution in [0.5, 0.6) is 0 Å². The second kappa shape index (κ2) is 8.81. The van der Waals surface area contributed by atoms with E-state index in [0.29, 0.717) is 5.91 Å². The molecule has 1 aliphatic heterocycles. The maximum absolute atomic E-state index is 13.0. The molecule has 0 atom stereocenters. The lowest BCUT2D eigenvalue weighted by Gasteiger charge is -2.38. The molecule has 2 aromatic heterocycles. The second-order valence-corrected chi connectivity index (χ2v) is 10.3. The van der Waals surface area contributed by atoms with Crippen molar-refractivity contribution in [2.45, 2.75) is 77.6 Å². The van der Waals surface area contributed by atoms with Crippen LogP contribution in [0.4, 0.5) is 5.82 Å². The van der Waals surface area contributed by atoms with Crippen LogP contribution in [0.3, 0.4) is 0 Å². The van der Waals surface area contributed by atoms with Crippen molar-refractivity contribution in [1.82, 2.24) is 14.9 Å². The number of amides is 1. The SMILES string of the molecule is CCCc1nc(N2CCN(C(=O)C3CCCCC3)CC2)c2c3c(sc2n1)CCCC3. The smallest absolute Gasteiger partial charge is 0.225 e. The summed E-state index contributed by atoms with van der Waals surface area (Å²) in [5, 5.41) is 1.32. The first-order chi connectivity index (χ1) is 14.7. The van der Waals surface area contributed by atoms with E-state index in [2.05, 4.69) is 16.7 Å². The zero-order valence-corrected chi connectivity index (χ0v) is 19.1. The van der Waals surface area contributed by atoms with Crippen LogP contribution >= 0.6 is 11.3 Å². The minimum atomic E-state index is 0.274. The van der Waals surface area contributed by atoms with Gasteiger partial charge < -0.3 is 9.80 Å². The third-order valence-corrected chi connectivity index (χ3v) is 8.35. The molecule has 0 N–H and O–H groups in total. The number of hydrogen-bond acceptors (Lipinski definition) is 5. The summed E-state index contributed by atoms with van der Waals surface area (Å²) < 4.78 is 0. The summed E-state index contributed by atoms with van der Waals surface area (Å²) in [6.07, 6.45) is 12.9. The monoisotopic (exact) mass is 426 g/mol. The van der Waals surface area contributed by atoms with Gasteiger partial charge >= 0.3 is 0 Å². The molecule has 6 heteroatoms. The van der Waals surface area contributed by atoms with Crippen LogP contribution in [0.15, 0.2) is 0 Å². The van der Waals surface area contributed by atoms with Crippen LogP contribution in [0.1, 0.15) is 74.6 Å². The Morgan fingerprint density at radius 1 is 1.00 bits per heavy atom. The topological polar surface area (TPSA) is 49.3 Å². The average Bonchev–Trinajstić information content (AvgIpc) is 3.17. The second-order valence-electron chi connectivity index (χ2n) is 9.25. The van der Waals surface area contributed by atoms with E-state index in [1.807, 2.05) is 11.3 Å². The number of rotatable bonds is 4. The normalized spacial score (nSPS) is 20.6. The lowest BCUT2D eigenvalue weighted by atomic mass is 9.88. The molecule has 3 heterocycles. The fraction of sp³-hybridized carbons (Fsp3) is 0.708. The average molecular weight is 427 g/mol. The van der Waals surface area contributed by atoms with Crippen molar-refractivity contribution in [2.75, 3.05) is 31.1 Å². The van der Waals surface area contributed by atoms with E-state index in [-0.39, 0.29) is 5.92 Å². The summed E-state index contributed by atoms with van der Waals surface area (Å²) in [6, 6.07) is 0. The quantitative estimate of drug-likeness (QED) is 0.708. The van der Waals surface area contributed by atoms with Gasteiger partial charge in [0.2, 0.25) is 5.91 Å². The summed E-state index contributed by atoms with van der Waals surface area (Å²) in [5.74, 6) is 2.81. The van der Waals surface area contributed by atoms with Gasteiger partial charge in [-0.2, -0.15) is 0 Å². The van der Waals surface area contributed by atoms with E-state index in [0.717, 1.165) is 63.5 Å². The fourth-order valence-corrected chi connectivity index (χ4v) is 6.77. The largest absolute Gasteiger partial charge is 0.352 e. The molecule has 0 bridgehead atoms. The molecular weight excluding hydrogens is 392 g/mol.